The summed E-state index contributed by atoms with van der Waals surface area (Å²) in [6, 6.07) is 10.3. The van der Waals surface area contributed by atoms with Gasteiger partial charge >= 0.3 is 5.97 Å². The van der Waals surface area contributed by atoms with Gasteiger partial charge in [0.2, 0.25) is 0 Å². The molecule has 0 saturated heterocycles. The Bertz CT molecular complexity index is 346. The van der Waals surface area contributed by atoms with Crippen LogP contribution in [0.25, 0.3) is 0 Å². The largest absolute Gasteiger partial charge is 0.469 e. The molecule has 0 aliphatic heterocycles. The second kappa shape index (κ2) is 7.01. The molecule has 0 saturated carbocycles. The second-order valence-electron chi connectivity index (χ2n) is 3.52. The highest BCUT2D eigenvalue weighted by Gasteiger charge is 2.02. The summed E-state index contributed by atoms with van der Waals surface area (Å²) in [5, 5.41) is 2.49. The fourth-order valence-electron chi connectivity index (χ4n) is 1.34. The molecule has 2 nitrogen and oxygen atoms in total. The van der Waals surface area contributed by atoms with Gasteiger partial charge < -0.3 is 4.74 Å². The maximum Gasteiger partial charge on any atom is 0.305 e. The molecule has 0 aliphatic carbocycles. The van der Waals surface area contributed by atoms with E-state index in [1.807, 2.05) is 18.2 Å². The molecule has 0 amide bonds. The molecule has 1 aromatic carbocycles. The second-order valence-corrected chi connectivity index (χ2v) is 5.06. The Morgan fingerprint density at radius 2 is 2.00 bits per heavy atom. The van der Waals surface area contributed by atoms with Crippen LogP contribution in [0.5, 0.6) is 0 Å². The number of methoxy groups -OCH3 is 1. The van der Waals surface area contributed by atoms with Crippen molar-refractivity contribution in [2.75, 3.05) is 7.11 Å². The van der Waals surface area contributed by atoms with E-state index < -0.39 is 0 Å². The van der Waals surface area contributed by atoms with Crippen LogP contribution in [0.1, 0.15) is 19.3 Å². The van der Waals surface area contributed by atoms with E-state index in [1.54, 1.807) is 0 Å². The first kappa shape index (κ1) is 12.7. The Morgan fingerprint density at radius 3 is 2.62 bits per heavy atom. The standard InChI is InChI=1S/C13H16O2Si/c1-11(7-6-10-13(14)15-2)16-12-8-4-3-5-9-12/h3-5,8-9H,1,6-7,10H2,2H3. The number of ether oxygens (including phenoxy) is 1. The third kappa shape index (κ3) is 4.93. The monoisotopic (exact) mass is 232 g/mol. The highest BCUT2D eigenvalue weighted by atomic mass is 28.2. The molecular formula is C13H16O2Si. The molecule has 1 rings (SSSR count). The van der Waals surface area contributed by atoms with E-state index >= 15 is 0 Å². The van der Waals surface area contributed by atoms with Crippen molar-refractivity contribution in [3.63, 3.8) is 0 Å². The SMILES string of the molecule is C=C(CCCC(=O)OC)[Si]c1ccccc1. The van der Waals surface area contributed by atoms with Crippen LogP contribution in [-0.2, 0) is 9.53 Å². The van der Waals surface area contributed by atoms with Crippen LogP contribution < -0.4 is 5.19 Å². The molecule has 0 bridgehead atoms. The number of benzene rings is 1. The predicted octanol–water partition coefficient (Wildman–Crippen LogP) is 1.87. The quantitative estimate of drug-likeness (QED) is 0.553. The fraction of sp³-hybridized carbons (Fsp3) is 0.308. The van der Waals surface area contributed by atoms with Gasteiger partial charge in [-0.25, -0.2) is 0 Å². The van der Waals surface area contributed by atoms with Crippen molar-refractivity contribution in [3.8, 4) is 0 Å². The lowest BCUT2D eigenvalue weighted by molar-refractivity contribution is -0.140. The van der Waals surface area contributed by atoms with E-state index in [2.05, 4.69) is 23.4 Å². The molecule has 1 aromatic rings. The number of esters is 1. The van der Waals surface area contributed by atoms with Crippen molar-refractivity contribution in [1.29, 1.82) is 0 Å². The maximum absolute atomic E-state index is 10.9. The molecule has 16 heavy (non-hydrogen) atoms. The summed E-state index contributed by atoms with van der Waals surface area (Å²) >= 11 is 0. The molecule has 0 unspecified atom stereocenters. The summed E-state index contributed by atoms with van der Waals surface area (Å²) in [5.41, 5.74) is 0. The Balaban J connectivity index is 2.24. The normalized spacial score (nSPS) is 9.81. The van der Waals surface area contributed by atoms with Crippen molar-refractivity contribution < 1.29 is 9.53 Å². The fourth-order valence-corrected chi connectivity index (χ4v) is 2.41. The van der Waals surface area contributed by atoms with Crippen molar-refractivity contribution in [3.05, 3.63) is 42.1 Å². The van der Waals surface area contributed by atoms with E-state index in [4.69, 9.17) is 0 Å². The number of hydrogen-bond acceptors (Lipinski definition) is 2. The van der Waals surface area contributed by atoms with Crippen LogP contribution >= 0.6 is 0 Å². The Morgan fingerprint density at radius 1 is 1.31 bits per heavy atom. The van der Waals surface area contributed by atoms with Crippen LogP contribution in [0.3, 0.4) is 0 Å². The molecule has 3 heteroatoms. The summed E-state index contributed by atoms with van der Waals surface area (Å²) in [7, 11) is 2.06. The van der Waals surface area contributed by atoms with Crippen LogP contribution in [0.4, 0.5) is 0 Å². The summed E-state index contributed by atoms with van der Waals surface area (Å²) < 4.78 is 4.58. The van der Waals surface area contributed by atoms with Crippen molar-refractivity contribution in [2.45, 2.75) is 19.3 Å². The lowest BCUT2D eigenvalue weighted by atomic mass is 10.2. The Hall–Kier alpha value is -1.35. The lowest BCUT2D eigenvalue weighted by Crippen LogP contribution is -2.15. The first-order valence-electron chi connectivity index (χ1n) is 5.29. The van der Waals surface area contributed by atoms with Crippen molar-refractivity contribution >= 4 is 20.7 Å². The molecule has 0 heterocycles. The van der Waals surface area contributed by atoms with Gasteiger partial charge in [0.15, 0.2) is 0 Å². The molecule has 0 aromatic heterocycles. The van der Waals surface area contributed by atoms with Gasteiger partial charge in [-0.2, -0.15) is 0 Å². The smallest absolute Gasteiger partial charge is 0.305 e. The zero-order valence-electron chi connectivity index (χ0n) is 9.53. The van der Waals surface area contributed by atoms with E-state index in [-0.39, 0.29) is 5.97 Å². The van der Waals surface area contributed by atoms with Crippen LogP contribution in [0.2, 0.25) is 0 Å². The minimum atomic E-state index is -0.143. The van der Waals surface area contributed by atoms with E-state index in [0.29, 0.717) is 15.9 Å². The van der Waals surface area contributed by atoms with Crippen LogP contribution in [0.15, 0.2) is 42.1 Å². The third-order valence-corrected chi connectivity index (χ3v) is 3.41. The number of carbonyl (C=O) groups excluding carboxylic acids is 1. The molecule has 2 radical (unpaired) electrons. The molecular weight excluding hydrogens is 216 g/mol. The van der Waals surface area contributed by atoms with Gasteiger partial charge in [0.25, 0.3) is 0 Å². The van der Waals surface area contributed by atoms with Gasteiger partial charge in [-0.3, -0.25) is 4.79 Å². The maximum atomic E-state index is 10.9. The lowest BCUT2D eigenvalue weighted by Gasteiger charge is -2.04. The average Bonchev–Trinajstić information content (AvgIpc) is 2.30. The number of rotatable bonds is 6. The minimum absolute atomic E-state index is 0.143. The zero-order chi connectivity index (χ0) is 11.8. The molecule has 84 valence electrons. The van der Waals surface area contributed by atoms with Gasteiger partial charge in [-0.15, -0.1) is 6.58 Å². The number of hydrogen-bond donors (Lipinski definition) is 0. The van der Waals surface area contributed by atoms with Gasteiger partial charge in [-0.1, -0.05) is 40.7 Å². The van der Waals surface area contributed by atoms with E-state index in [9.17, 15) is 4.79 Å². The topological polar surface area (TPSA) is 26.3 Å². The molecule has 0 fully saturated rings. The highest BCUT2D eigenvalue weighted by Crippen LogP contribution is 2.04. The van der Waals surface area contributed by atoms with Gasteiger partial charge in [0.05, 0.1) is 7.11 Å². The highest BCUT2D eigenvalue weighted by molar-refractivity contribution is 6.60. The van der Waals surface area contributed by atoms with Crippen molar-refractivity contribution in [2.24, 2.45) is 0 Å². The average molecular weight is 232 g/mol. The van der Waals surface area contributed by atoms with Crippen molar-refractivity contribution in [1.82, 2.24) is 0 Å². The van der Waals surface area contributed by atoms with Gasteiger partial charge in [0.1, 0.15) is 9.52 Å². The summed E-state index contributed by atoms with van der Waals surface area (Å²) in [6.07, 6.45) is 2.20. The van der Waals surface area contributed by atoms with Gasteiger partial charge in [0, 0.05) is 6.42 Å². The summed E-state index contributed by atoms with van der Waals surface area (Å²) in [6.45, 7) is 4.03. The summed E-state index contributed by atoms with van der Waals surface area (Å²) in [5.74, 6) is -0.143. The Kier molecular flexibility index (Phi) is 5.57. The molecule has 0 atom stereocenters. The number of carbonyl (C=O) groups is 1. The zero-order valence-corrected chi connectivity index (χ0v) is 10.5. The molecule has 0 N–H and O–H groups in total. The predicted molar refractivity (Wildman–Crippen MR) is 66.8 cm³/mol. The molecule has 0 spiro atoms. The van der Waals surface area contributed by atoms with E-state index in [1.165, 1.54) is 17.5 Å². The van der Waals surface area contributed by atoms with Crippen LogP contribution in [-0.4, -0.2) is 22.6 Å². The molecule has 0 aliphatic rings. The van der Waals surface area contributed by atoms with Gasteiger partial charge in [-0.05, 0) is 12.8 Å². The minimum Gasteiger partial charge on any atom is -0.469 e. The summed E-state index contributed by atoms with van der Waals surface area (Å²) in [4.78, 5) is 10.9. The van der Waals surface area contributed by atoms with Crippen LogP contribution in [0, 0.1) is 0 Å². The first-order valence-corrected chi connectivity index (χ1v) is 6.29. The van der Waals surface area contributed by atoms with E-state index in [0.717, 1.165) is 12.8 Å². The third-order valence-electron chi connectivity index (χ3n) is 2.18. The Labute approximate surface area is 99.1 Å². The number of allylic oxidation sites excluding steroid dienone is 1. The first-order chi connectivity index (χ1) is 7.72.